The highest BCUT2D eigenvalue weighted by molar-refractivity contribution is 9.10. The molecule has 2 rings (SSSR count). The largest absolute Gasteiger partial charge is 0.495 e. The Labute approximate surface area is 125 Å². The van der Waals surface area contributed by atoms with Gasteiger partial charge >= 0.3 is 5.97 Å². The fourth-order valence-electron chi connectivity index (χ4n) is 2.08. The molecule has 0 radical (unpaired) electrons. The second-order valence-corrected chi connectivity index (χ2v) is 5.21. The first-order chi connectivity index (χ1) is 9.47. The van der Waals surface area contributed by atoms with Gasteiger partial charge in [0.15, 0.2) is 5.69 Å². The van der Waals surface area contributed by atoms with Crippen molar-refractivity contribution in [3.05, 3.63) is 33.9 Å². The number of rotatable bonds is 4. The summed E-state index contributed by atoms with van der Waals surface area (Å²) in [5, 5.41) is 13.0. The maximum atomic E-state index is 11.0. The monoisotopic (exact) mass is 338 g/mol. The number of aryl methyl sites for hydroxylation is 2. The van der Waals surface area contributed by atoms with Crippen LogP contribution in [-0.2, 0) is 13.5 Å². The van der Waals surface area contributed by atoms with Crippen molar-refractivity contribution >= 4 is 21.9 Å². The van der Waals surface area contributed by atoms with Crippen molar-refractivity contribution in [3.8, 4) is 17.0 Å². The molecule has 0 aliphatic carbocycles. The number of methoxy groups -OCH3 is 1. The number of nitrogens with zero attached hydrogens (tertiary/aromatic N) is 2. The quantitative estimate of drug-likeness (QED) is 0.930. The SMILES string of the molecule is CCc1cc(Br)c(OC)c(-c2cc(C(=O)O)nn2C)c1. The molecule has 5 nitrogen and oxygen atoms in total. The molecule has 106 valence electrons. The van der Waals surface area contributed by atoms with Gasteiger partial charge in [-0.25, -0.2) is 4.79 Å². The number of carbonyl (C=O) groups is 1. The first-order valence-corrected chi connectivity index (χ1v) is 6.91. The molecule has 0 aliphatic heterocycles. The van der Waals surface area contributed by atoms with Crippen LogP contribution >= 0.6 is 15.9 Å². The summed E-state index contributed by atoms with van der Waals surface area (Å²) in [4.78, 5) is 11.0. The molecule has 1 N–H and O–H groups in total. The Hall–Kier alpha value is -1.82. The number of benzene rings is 1. The van der Waals surface area contributed by atoms with Crippen molar-refractivity contribution in [1.29, 1.82) is 0 Å². The third kappa shape index (κ3) is 2.56. The van der Waals surface area contributed by atoms with Gasteiger partial charge in [0.25, 0.3) is 0 Å². The minimum atomic E-state index is -1.04. The minimum Gasteiger partial charge on any atom is -0.495 e. The van der Waals surface area contributed by atoms with Crippen LogP contribution < -0.4 is 4.74 Å². The molecule has 0 fully saturated rings. The molecule has 0 unspecified atom stereocenters. The van der Waals surface area contributed by atoms with Crippen LogP contribution in [0.2, 0.25) is 0 Å². The predicted molar refractivity (Wildman–Crippen MR) is 79.2 cm³/mol. The lowest BCUT2D eigenvalue weighted by Crippen LogP contribution is -2.00. The maximum absolute atomic E-state index is 11.0. The molecular formula is C14H15BrN2O3. The molecule has 6 heteroatoms. The summed E-state index contributed by atoms with van der Waals surface area (Å²) in [7, 11) is 3.30. The van der Waals surface area contributed by atoms with Crippen molar-refractivity contribution in [2.45, 2.75) is 13.3 Å². The fraction of sp³-hybridized carbons (Fsp3) is 0.286. The van der Waals surface area contributed by atoms with Gasteiger partial charge in [0.2, 0.25) is 0 Å². The highest BCUT2D eigenvalue weighted by atomic mass is 79.9. The van der Waals surface area contributed by atoms with Crippen LogP contribution in [0.5, 0.6) is 5.75 Å². The van der Waals surface area contributed by atoms with Crippen LogP contribution in [0.15, 0.2) is 22.7 Å². The second kappa shape index (κ2) is 5.66. The Kier molecular flexibility index (Phi) is 4.13. The number of carboxylic acids is 1. The van der Waals surface area contributed by atoms with E-state index in [9.17, 15) is 4.79 Å². The predicted octanol–water partition coefficient (Wildman–Crippen LogP) is 3.12. The summed E-state index contributed by atoms with van der Waals surface area (Å²) in [5.41, 5.74) is 2.67. The molecule has 0 saturated carbocycles. The molecule has 2 aromatic rings. The number of ether oxygens (including phenoxy) is 1. The van der Waals surface area contributed by atoms with Crippen molar-refractivity contribution < 1.29 is 14.6 Å². The standard InChI is InChI=1S/C14H15BrN2O3/c1-4-8-5-9(13(20-3)10(15)6-8)12-7-11(14(18)19)16-17(12)2/h5-7H,4H2,1-3H3,(H,18,19). The molecule has 0 bridgehead atoms. The van der Waals surface area contributed by atoms with Gasteiger partial charge < -0.3 is 9.84 Å². The Balaban J connectivity index is 2.67. The topological polar surface area (TPSA) is 64.3 Å². The Morgan fingerprint density at radius 1 is 1.45 bits per heavy atom. The van der Waals surface area contributed by atoms with Crippen LogP contribution in [0.1, 0.15) is 23.0 Å². The fourth-order valence-corrected chi connectivity index (χ4v) is 2.74. The van der Waals surface area contributed by atoms with Crippen molar-refractivity contribution in [2.24, 2.45) is 7.05 Å². The molecule has 20 heavy (non-hydrogen) atoms. The Bertz CT molecular complexity index is 665. The van der Waals surface area contributed by atoms with Gasteiger partial charge in [0, 0.05) is 12.6 Å². The molecule has 1 heterocycles. The zero-order chi connectivity index (χ0) is 14.9. The van der Waals surface area contributed by atoms with Crippen LogP contribution in [0.25, 0.3) is 11.3 Å². The highest BCUT2D eigenvalue weighted by Crippen LogP contribution is 2.37. The molecule has 0 spiro atoms. The summed E-state index contributed by atoms with van der Waals surface area (Å²) in [6, 6.07) is 5.54. The molecule has 0 saturated heterocycles. The summed E-state index contributed by atoms with van der Waals surface area (Å²) in [5.74, 6) is -0.376. The summed E-state index contributed by atoms with van der Waals surface area (Å²) in [6.07, 6.45) is 0.874. The first-order valence-electron chi connectivity index (χ1n) is 6.12. The third-order valence-corrected chi connectivity index (χ3v) is 3.68. The number of hydrogen-bond acceptors (Lipinski definition) is 3. The van der Waals surface area contributed by atoms with Crippen LogP contribution in [-0.4, -0.2) is 28.0 Å². The van der Waals surface area contributed by atoms with Crippen LogP contribution in [0.4, 0.5) is 0 Å². The van der Waals surface area contributed by atoms with E-state index in [2.05, 4.69) is 28.0 Å². The lowest BCUT2D eigenvalue weighted by Gasteiger charge is -2.12. The Morgan fingerprint density at radius 2 is 2.15 bits per heavy atom. The number of carboxylic acid groups (broad SMARTS) is 1. The maximum Gasteiger partial charge on any atom is 0.356 e. The molecule has 0 amide bonds. The minimum absolute atomic E-state index is 0.0163. The Morgan fingerprint density at radius 3 is 2.65 bits per heavy atom. The van der Waals surface area contributed by atoms with Crippen LogP contribution in [0.3, 0.4) is 0 Å². The van der Waals surface area contributed by atoms with E-state index in [1.807, 2.05) is 12.1 Å². The second-order valence-electron chi connectivity index (χ2n) is 4.36. The van der Waals surface area contributed by atoms with Gasteiger partial charge in [-0.2, -0.15) is 5.10 Å². The van der Waals surface area contributed by atoms with Gasteiger partial charge in [-0.05, 0) is 46.1 Å². The zero-order valence-electron chi connectivity index (χ0n) is 11.5. The van der Waals surface area contributed by atoms with Crippen LogP contribution in [0, 0.1) is 0 Å². The van der Waals surface area contributed by atoms with Crippen molar-refractivity contribution in [3.63, 3.8) is 0 Å². The summed E-state index contributed by atoms with van der Waals surface area (Å²) < 4.78 is 7.81. The lowest BCUT2D eigenvalue weighted by molar-refractivity contribution is 0.0689. The number of halogens is 1. The zero-order valence-corrected chi connectivity index (χ0v) is 13.1. The summed E-state index contributed by atoms with van der Waals surface area (Å²) in [6.45, 7) is 2.06. The van der Waals surface area contributed by atoms with Crippen molar-refractivity contribution in [1.82, 2.24) is 9.78 Å². The van der Waals surface area contributed by atoms with E-state index in [1.54, 1.807) is 24.9 Å². The number of aromatic carboxylic acids is 1. The average molecular weight is 339 g/mol. The van der Waals surface area contributed by atoms with Gasteiger partial charge in [-0.3, -0.25) is 4.68 Å². The lowest BCUT2D eigenvalue weighted by atomic mass is 10.0. The molecule has 1 aromatic carbocycles. The van der Waals surface area contributed by atoms with E-state index in [1.165, 1.54) is 0 Å². The van der Waals surface area contributed by atoms with E-state index >= 15 is 0 Å². The van der Waals surface area contributed by atoms with E-state index in [0.29, 0.717) is 11.4 Å². The average Bonchev–Trinajstić information content (AvgIpc) is 2.80. The molecule has 1 aromatic heterocycles. The number of hydrogen-bond donors (Lipinski definition) is 1. The van der Waals surface area contributed by atoms with Gasteiger partial charge in [-0.1, -0.05) is 6.92 Å². The summed E-state index contributed by atoms with van der Waals surface area (Å²) >= 11 is 3.49. The van der Waals surface area contributed by atoms with E-state index < -0.39 is 5.97 Å². The molecule has 0 aliphatic rings. The van der Waals surface area contributed by atoms with E-state index in [4.69, 9.17) is 9.84 Å². The van der Waals surface area contributed by atoms with Gasteiger partial charge in [-0.15, -0.1) is 0 Å². The normalized spacial score (nSPS) is 10.6. The van der Waals surface area contributed by atoms with E-state index in [0.717, 1.165) is 22.0 Å². The van der Waals surface area contributed by atoms with Crippen molar-refractivity contribution in [2.75, 3.05) is 7.11 Å². The van der Waals surface area contributed by atoms with E-state index in [-0.39, 0.29) is 5.69 Å². The first kappa shape index (κ1) is 14.6. The molecule has 0 atom stereocenters. The smallest absolute Gasteiger partial charge is 0.356 e. The number of aromatic nitrogens is 2. The molecular weight excluding hydrogens is 324 g/mol. The third-order valence-electron chi connectivity index (χ3n) is 3.09. The van der Waals surface area contributed by atoms with Gasteiger partial charge in [0.1, 0.15) is 5.75 Å². The van der Waals surface area contributed by atoms with Gasteiger partial charge in [0.05, 0.1) is 17.3 Å². The highest BCUT2D eigenvalue weighted by Gasteiger charge is 2.18.